The summed E-state index contributed by atoms with van der Waals surface area (Å²) in [6, 6.07) is 21.7. The van der Waals surface area contributed by atoms with Gasteiger partial charge in [0.25, 0.3) is 17.8 Å². The molecule has 0 aliphatic rings. The maximum Gasteiger partial charge on any atom is 0.260 e. The van der Waals surface area contributed by atoms with Gasteiger partial charge in [-0.15, -0.1) is 5.10 Å². The minimum Gasteiger partial charge on any atom is -0.290 e. The number of halogens is 1. The molecule has 4 rings (SSSR count). The minimum atomic E-state index is -0.681. The van der Waals surface area contributed by atoms with E-state index >= 15 is 0 Å². The van der Waals surface area contributed by atoms with Gasteiger partial charge in [-0.2, -0.15) is 9.67 Å². The molecule has 154 valence electrons. The predicted molar refractivity (Wildman–Crippen MR) is 115 cm³/mol. The molecule has 0 radical (unpaired) electrons. The normalized spacial score (nSPS) is 10.5. The first-order chi connectivity index (χ1) is 15.0. The second-order valence-electron chi connectivity index (χ2n) is 6.71. The molecule has 0 bridgehead atoms. The summed E-state index contributed by atoms with van der Waals surface area (Å²) in [5.41, 5.74) is 1.76. The summed E-state index contributed by atoms with van der Waals surface area (Å²) >= 11 is 0. The number of carbonyl (C=O) groups excluding carboxylic acids is 2. The predicted octanol–water partition coefficient (Wildman–Crippen LogP) is 4.22. The Hall–Kier alpha value is -4.33. The number of hydrogen-bond acceptors (Lipinski definition) is 4. The number of para-hydroxylation sites is 1. The largest absolute Gasteiger partial charge is 0.290 e. The van der Waals surface area contributed by atoms with Crippen LogP contribution in [0.5, 0.6) is 0 Å². The zero-order valence-corrected chi connectivity index (χ0v) is 16.5. The van der Waals surface area contributed by atoms with Crippen molar-refractivity contribution in [3.05, 3.63) is 101 Å². The number of nitrogens with one attached hydrogen (secondary N) is 2. The molecule has 3 aromatic carbocycles. The molecule has 7 nitrogen and oxygen atoms in total. The number of aromatic nitrogens is 3. The van der Waals surface area contributed by atoms with Crippen molar-refractivity contribution >= 4 is 23.7 Å². The maximum atomic E-state index is 14.0. The van der Waals surface area contributed by atoms with Crippen LogP contribution in [0.4, 0.5) is 16.3 Å². The summed E-state index contributed by atoms with van der Waals surface area (Å²) in [6.45, 7) is 1.82. The summed E-state index contributed by atoms with van der Waals surface area (Å²) in [5.74, 6) is -1.67. The van der Waals surface area contributed by atoms with Gasteiger partial charge >= 0.3 is 0 Å². The van der Waals surface area contributed by atoms with Crippen LogP contribution in [0.3, 0.4) is 0 Å². The summed E-state index contributed by atoms with van der Waals surface area (Å²) in [6.07, 6.45) is 0. The number of amides is 2. The molecule has 0 saturated carbocycles. The lowest BCUT2D eigenvalue weighted by Gasteiger charge is -2.07. The van der Waals surface area contributed by atoms with E-state index in [0.29, 0.717) is 11.3 Å². The highest BCUT2D eigenvalue weighted by molar-refractivity contribution is 6.05. The highest BCUT2D eigenvalue weighted by Crippen LogP contribution is 2.19. The zero-order valence-electron chi connectivity index (χ0n) is 16.5. The molecule has 0 saturated heterocycles. The lowest BCUT2D eigenvalue weighted by molar-refractivity contribution is 0.101. The second-order valence-corrected chi connectivity index (χ2v) is 6.71. The molecular weight excluding hydrogens is 397 g/mol. The molecular formula is C23H18FN5O2. The Kier molecular flexibility index (Phi) is 5.53. The monoisotopic (exact) mass is 415 g/mol. The highest BCUT2D eigenvalue weighted by atomic mass is 19.1. The topological polar surface area (TPSA) is 88.9 Å². The molecule has 0 atom stereocenters. The van der Waals surface area contributed by atoms with E-state index in [4.69, 9.17) is 0 Å². The Morgan fingerprint density at radius 3 is 2.13 bits per heavy atom. The minimum absolute atomic E-state index is 0.000870. The van der Waals surface area contributed by atoms with Crippen LogP contribution in [0, 0.1) is 12.7 Å². The van der Waals surface area contributed by atoms with Crippen LogP contribution in [0.2, 0.25) is 0 Å². The third kappa shape index (κ3) is 4.32. The van der Waals surface area contributed by atoms with Gasteiger partial charge in [0.2, 0.25) is 5.95 Å². The van der Waals surface area contributed by atoms with Crippen LogP contribution >= 0.6 is 0 Å². The number of anilines is 2. The Labute approximate surface area is 177 Å². The molecule has 8 heteroatoms. The van der Waals surface area contributed by atoms with Crippen LogP contribution in [0.25, 0.3) is 5.69 Å². The fourth-order valence-electron chi connectivity index (χ4n) is 3.01. The average molecular weight is 415 g/mol. The molecule has 2 amide bonds. The molecule has 31 heavy (non-hydrogen) atoms. The van der Waals surface area contributed by atoms with E-state index in [9.17, 15) is 14.0 Å². The summed E-state index contributed by atoms with van der Waals surface area (Å²) < 4.78 is 15.4. The molecule has 0 aliphatic carbocycles. The average Bonchev–Trinajstić information content (AvgIpc) is 3.16. The summed E-state index contributed by atoms with van der Waals surface area (Å²) in [7, 11) is 0. The van der Waals surface area contributed by atoms with Crippen molar-refractivity contribution < 1.29 is 14.0 Å². The van der Waals surface area contributed by atoms with Gasteiger partial charge in [0, 0.05) is 5.56 Å². The summed E-state index contributed by atoms with van der Waals surface area (Å²) in [5, 5.41) is 9.53. The molecule has 1 heterocycles. The highest BCUT2D eigenvalue weighted by Gasteiger charge is 2.19. The number of carbonyl (C=O) groups is 2. The van der Waals surface area contributed by atoms with Gasteiger partial charge in [-0.05, 0) is 42.8 Å². The van der Waals surface area contributed by atoms with E-state index in [1.54, 1.807) is 42.5 Å². The molecule has 2 N–H and O–H groups in total. The van der Waals surface area contributed by atoms with E-state index in [-0.39, 0.29) is 23.4 Å². The number of hydrogen-bond donors (Lipinski definition) is 2. The Bertz CT molecular complexity index is 1250. The van der Waals surface area contributed by atoms with Gasteiger partial charge in [-0.3, -0.25) is 20.2 Å². The van der Waals surface area contributed by atoms with E-state index in [1.807, 2.05) is 25.1 Å². The van der Waals surface area contributed by atoms with Crippen molar-refractivity contribution in [2.45, 2.75) is 6.92 Å². The van der Waals surface area contributed by atoms with Crippen LogP contribution in [0.15, 0.2) is 78.9 Å². The quantitative estimate of drug-likeness (QED) is 0.511. The Morgan fingerprint density at radius 1 is 0.806 bits per heavy atom. The number of nitrogens with zero attached hydrogens (tertiary/aromatic N) is 3. The van der Waals surface area contributed by atoms with Crippen molar-refractivity contribution in [3.8, 4) is 5.69 Å². The van der Waals surface area contributed by atoms with Gasteiger partial charge in [0.15, 0.2) is 0 Å². The fourth-order valence-corrected chi connectivity index (χ4v) is 3.01. The second kappa shape index (κ2) is 8.58. The van der Waals surface area contributed by atoms with Gasteiger partial charge in [0.05, 0.1) is 11.3 Å². The third-order valence-corrected chi connectivity index (χ3v) is 4.57. The Morgan fingerprint density at radius 2 is 1.42 bits per heavy atom. The van der Waals surface area contributed by atoms with E-state index < -0.39 is 11.7 Å². The SMILES string of the molecule is Cc1ccccc1C(=O)Nc1nc(NC(=O)c2ccccc2F)n(-c2ccccc2)n1. The fraction of sp³-hybridized carbons (Fsp3) is 0.0435. The van der Waals surface area contributed by atoms with E-state index in [0.717, 1.165) is 5.56 Å². The first kappa shape index (κ1) is 20.0. The summed E-state index contributed by atoms with van der Waals surface area (Å²) in [4.78, 5) is 29.5. The van der Waals surface area contributed by atoms with Crippen LogP contribution in [-0.2, 0) is 0 Å². The lowest BCUT2D eigenvalue weighted by Crippen LogP contribution is -2.17. The zero-order chi connectivity index (χ0) is 21.8. The van der Waals surface area contributed by atoms with Crippen molar-refractivity contribution in [1.82, 2.24) is 14.8 Å². The van der Waals surface area contributed by atoms with Crippen LogP contribution < -0.4 is 10.6 Å². The third-order valence-electron chi connectivity index (χ3n) is 4.57. The first-order valence-corrected chi connectivity index (χ1v) is 9.48. The number of benzene rings is 3. The molecule has 0 fully saturated rings. The van der Waals surface area contributed by atoms with Gasteiger partial charge in [-0.1, -0.05) is 48.5 Å². The van der Waals surface area contributed by atoms with Gasteiger partial charge in [-0.25, -0.2) is 4.39 Å². The van der Waals surface area contributed by atoms with Crippen LogP contribution in [-0.4, -0.2) is 26.6 Å². The standard InChI is InChI=1S/C23H18FN5O2/c1-15-9-5-6-12-17(15)20(30)25-22-27-23(29(28-22)16-10-3-2-4-11-16)26-21(31)18-13-7-8-14-19(18)24/h2-14H,1H3,(H2,25,26,27,28,30,31). The van der Waals surface area contributed by atoms with E-state index in [1.165, 1.54) is 22.9 Å². The van der Waals surface area contributed by atoms with Crippen molar-refractivity contribution in [2.75, 3.05) is 10.6 Å². The van der Waals surface area contributed by atoms with Crippen molar-refractivity contribution in [2.24, 2.45) is 0 Å². The van der Waals surface area contributed by atoms with Gasteiger partial charge in [0.1, 0.15) is 5.82 Å². The van der Waals surface area contributed by atoms with Crippen molar-refractivity contribution in [1.29, 1.82) is 0 Å². The first-order valence-electron chi connectivity index (χ1n) is 9.48. The Balaban J connectivity index is 1.66. The molecule has 1 aromatic heterocycles. The van der Waals surface area contributed by atoms with E-state index in [2.05, 4.69) is 20.7 Å². The van der Waals surface area contributed by atoms with Gasteiger partial charge < -0.3 is 0 Å². The number of rotatable bonds is 5. The molecule has 0 aliphatic heterocycles. The smallest absolute Gasteiger partial charge is 0.260 e. The number of aryl methyl sites for hydroxylation is 1. The maximum absolute atomic E-state index is 14.0. The molecule has 0 unspecified atom stereocenters. The van der Waals surface area contributed by atoms with Crippen LogP contribution in [0.1, 0.15) is 26.3 Å². The molecule has 4 aromatic rings. The lowest BCUT2D eigenvalue weighted by atomic mass is 10.1. The van der Waals surface area contributed by atoms with Crippen molar-refractivity contribution in [3.63, 3.8) is 0 Å². The molecule has 0 spiro atoms.